The summed E-state index contributed by atoms with van der Waals surface area (Å²) >= 11 is 0. The Morgan fingerprint density at radius 1 is 1.11 bits per heavy atom. The Bertz CT molecular complexity index is 652. The van der Waals surface area contributed by atoms with E-state index in [0.29, 0.717) is 10.8 Å². The molecule has 0 aliphatic rings. The highest BCUT2D eigenvalue weighted by molar-refractivity contribution is 6.09. The lowest BCUT2D eigenvalue weighted by atomic mass is 10.0. The molecule has 0 heterocycles. The van der Waals surface area contributed by atoms with Crippen molar-refractivity contribution in [2.45, 2.75) is 0 Å². The average Bonchev–Trinajstić information content (AvgIpc) is 2.33. The number of nitrogen functional groups attached to an aromatic ring is 2. The maximum Gasteiger partial charge on any atom is 0.337 e. The van der Waals surface area contributed by atoms with Gasteiger partial charge in [-0.1, -0.05) is 6.07 Å². The first-order chi connectivity index (χ1) is 8.56. The number of fused-ring (bicyclic) bond motifs is 1. The summed E-state index contributed by atoms with van der Waals surface area (Å²) in [5, 5.41) is 9.99. The standard InChI is InChI=1S/C12H10N2O4/c13-10-6-3-4-9(18-5-15)11(14)7(6)1-2-8(10)12(16)17/h1-5H,13-14H2,(H,16,17). The lowest BCUT2D eigenvalue weighted by Gasteiger charge is -2.10. The maximum atomic E-state index is 10.9. The van der Waals surface area contributed by atoms with Crippen LogP contribution in [0.2, 0.25) is 0 Å². The fourth-order valence-electron chi connectivity index (χ4n) is 1.77. The zero-order chi connectivity index (χ0) is 13.3. The Hall–Kier alpha value is -2.76. The number of carbonyl (C=O) groups is 2. The third kappa shape index (κ3) is 1.69. The Balaban J connectivity index is 2.75. The van der Waals surface area contributed by atoms with Crippen LogP contribution in [0.4, 0.5) is 11.4 Å². The van der Waals surface area contributed by atoms with Crippen LogP contribution in [0.1, 0.15) is 10.4 Å². The van der Waals surface area contributed by atoms with Crippen LogP contribution < -0.4 is 16.2 Å². The first-order valence-electron chi connectivity index (χ1n) is 5.00. The molecule has 2 aromatic carbocycles. The van der Waals surface area contributed by atoms with Crippen molar-refractivity contribution in [2.75, 3.05) is 11.5 Å². The molecule has 0 saturated heterocycles. The number of rotatable bonds is 3. The number of nitrogens with two attached hydrogens (primary N) is 2. The number of hydrogen-bond donors (Lipinski definition) is 3. The van der Waals surface area contributed by atoms with Crippen molar-refractivity contribution in [2.24, 2.45) is 0 Å². The van der Waals surface area contributed by atoms with Crippen molar-refractivity contribution >= 4 is 34.6 Å². The summed E-state index contributed by atoms with van der Waals surface area (Å²) in [4.78, 5) is 21.2. The minimum absolute atomic E-state index is 0.00551. The topological polar surface area (TPSA) is 116 Å². The van der Waals surface area contributed by atoms with Crippen LogP contribution >= 0.6 is 0 Å². The van der Waals surface area contributed by atoms with Crippen molar-refractivity contribution in [3.05, 3.63) is 29.8 Å². The summed E-state index contributed by atoms with van der Waals surface area (Å²) in [6, 6.07) is 5.92. The van der Waals surface area contributed by atoms with Crippen molar-refractivity contribution in [1.82, 2.24) is 0 Å². The van der Waals surface area contributed by atoms with Crippen molar-refractivity contribution in [3.8, 4) is 5.75 Å². The van der Waals surface area contributed by atoms with E-state index in [9.17, 15) is 9.59 Å². The molecule has 0 aliphatic carbocycles. The molecule has 0 unspecified atom stereocenters. The monoisotopic (exact) mass is 246 g/mol. The SMILES string of the molecule is Nc1c(OC=O)ccc2c(N)c(C(=O)O)ccc12. The van der Waals surface area contributed by atoms with Gasteiger partial charge in [0.25, 0.3) is 6.47 Å². The van der Waals surface area contributed by atoms with E-state index in [4.69, 9.17) is 21.3 Å². The van der Waals surface area contributed by atoms with Gasteiger partial charge in [-0.25, -0.2) is 4.79 Å². The van der Waals surface area contributed by atoms with Crippen LogP contribution in [0.5, 0.6) is 5.75 Å². The van der Waals surface area contributed by atoms with Crippen LogP contribution in [-0.4, -0.2) is 17.5 Å². The highest BCUT2D eigenvalue weighted by atomic mass is 16.5. The predicted molar refractivity (Wildman–Crippen MR) is 66.4 cm³/mol. The van der Waals surface area contributed by atoms with Gasteiger partial charge in [0.15, 0.2) is 5.75 Å². The third-order valence-corrected chi connectivity index (χ3v) is 2.65. The maximum absolute atomic E-state index is 10.9. The molecule has 6 nitrogen and oxygen atoms in total. The van der Waals surface area contributed by atoms with E-state index in [-0.39, 0.29) is 29.2 Å². The fraction of sp³-hybridized carbons (Fsp3) is 0. The lowest BCUT2D eigenvalue weighted by molar-refractivity contribution is -0.120. The normalized spacial score (nSPS) is 10.2. The molecule has 2 aromatic rings. The molecule has 0 spiro atoms. The predicted octanol–water partition coefficient (Wildman–Crippen LogP) is 1.24. The van der Waals surface area contributed by atoms with E-state index in [1.165, 1.54) is 18.2 Å². The van der Waals surface area contributed by atoms with Gasteiger partial charge >= 0.3 is 5.97 Å². The van der Waals surface area contributed by atoms with Crippen LogP contribution in [0.25, 0.3) is 10.8 Å². The molecular formula is C12H10N2O4. The summed E-state index contributed by atoms with van der Waals surface area (Å²) in [7, 11) is 0. The van der Waals surface area contributed by atoms with E-state index in [2.05, 4.69) is 0 Å². The second-order valence-corrected chi connectivity index (χ2v) is 3.62. The Morgan fingerprint density at radius 3 is 2.33 bits per heavy atom. The first kappa shape index (κ1) is 11.7. The molecule has 18 heavy (non-hydrogen) atoms. The summed E-state index contributed by atoms with van der Waals surface area (Å²) in [5.74, 6) is -0.902. The fourth-order valence-corrected chi connectivity index (χ4v) is 1.77. The number of carbonyl (C=O) groups excluding carboxylic acids is 1. The summed E-state index contributed by atoms with van der Waals surface area (Å²) in [6.45, 7) is 0.270. The molecule has 0 radical (unpaired) electrons. The zero-order valence-electron chi connectivity index (χ0n) is 9.21. The van der Waals surface area contributed by atoms with Crippen LogP contribution in [0.3, 0.4) is 0 Å². The van der Waals surface area contributed by atoms with Crippen molar-refractivity contribution in [1.29, 1.82) is 0 Å². The van der Waals surface area contributed by atoms with E-state index in [1.807, 2.05) is 0 Å². The number of aromatic carboxylic acids is 1. The Kier molecular flexibility index (Phi) is 2.77. The quantitative estimate of drug-likeness (QED) is 0.554. The van der Waals surface area contributed by atoms with E-state index >= 15 is 0 Å². The molecule has 0 aliphatic heterocycles. The highest BCUT2D eigenvalue weighted by Gasteiger charge is 2.13. The largest absolute Gasteiger partial charge is 0.478 e. The van der Waals surface area contributed by atoms with Gasteiger partial charge in [-0.05, 0) is 18.2 Å². The molecule has 0 fully saturated rings. The number of benzene rings is 2. The van der Waals surface area contributed by atoms with Crippen LogP contribution in [-0.2, 0) is 4.79 Å². The molecule has 0 saturated carbocycles. The summed E-state index contributed by atoms with van der Waals surface area (Å²) in [6.07, 6.45) is 0. The van der Waals surface area contributed by atoms with Crippen molar-refractivity contribution in [3.63, 3.8) is 0 Å². The molecule has 0 amide bonds. The van der Waals surface area contributed by atoms with Gasteiger partial charge in [-0.3, -0.25) is 4.79 Å². The number of carboxylic acids is 1. The molecule has 92 valence electrons. The molecule has 5 N–H and O–H groups in total. The molecule has 6 heteroatoms. The van der Waals surface area contributed by atoms with Gasteiger partial charge in [0, 0.05) is 10.8 Å². The van der Waals surface area contributed by atoms with Gasteiger partial charge in [0.2, 0.25) is 0 Å². The van der Waals surface area contributed by atoms with Gasteiger partial charge in [-0.15, -0.1) is 0 Å². The van der Waals surface area contributed by atoms with Gasteiger partial charge < -0.3 is 21.3 Å². The summed E-state index contributed by atoms with van der Waals surface area (Å²) < 4.78 is 4.70. The van der Waals surface area contributed by atoms with E-state index < -0.39 is 5.97 Å². The number of ether oxygens (including phenoxy) is 1. The number of carboxylic acid groups (broad SMARTS) is 1. The minimum atomic E-state index is -1.11. The zero-order valence-corrected chi connectivity index (χ0v) is 9.21. The molecular weight excluding hydrogens is 236 g/mol. The van der Waals surface area contributed by atoms with Gasteiger partial charge in [0.1, 0.15) is 0 Å². The van der Waals surface area contributed by atoms with Gasteiger partial charge in [0.05, 0.1) is 16.9 Å². The second kappa shape index (κ2) is 4.25. The smallest absolute Gasteiger partial charge is 0.337 e. The number of hydrogen-bond acceptors (Lipinski definition) is 5. The molecule has 0 aromatic heterocycles. The molecule has 0 bridgehead atoms. The first-order valence-corrected chi connectivity index (χ1v) is 5.00. The number of anilines is 2. The van der Waals surface area contributed by atoms with Crippen LogP contribution in [0.15, 0.2) is 24.3 Å². The Morgan fingerprint density at radius 2 is 1.72 bits per heavy atom. The third-order valence-electron chi connectivity index (χ3n) is 2.65. The lowest BCUT2D eigenvalue weighted by Crippen LogP contribution is -2.04. The molecule has 0 atom stereocenters. The average molecular weight is 246 g/mol. The van der Waals surface area contributed by atoms with E-state index in [0.717, 1.165) is 0 Å². The van der Waals surface area contributed by atoms with E-state index in [1.54, 1.807) is 6.07 Å². The summed E-state index contributed by atoms with van der Waals surface area (Å²) in [5.41, 5.74) is 12.0. The second-order valence-electron chi connectivity index (χ2n) is 3.62. The Labute approximate surface area is 102 Å². The van der Waals surface area contributed by atoms with Gasteiger partial charge in [-0.2, -0.15) is 0 Å². The highest BCUT2D eigenvalue weighted by Crippen LogP contribution is 2.34. The van der Waals surface area contributed by atoms with Crippen LogP contribution in [0, 0.1) is 0 Å². The minimum Gasteiger partial charge on any atom is -0.478 e. The molecule has 2 rings (SSSR count). The van der Waals surface area contributed by atoms with Crippen molar-refractivity contribution < 1.29 is 19.4 Å².